The van der Waals surface area contributed by atoms with Gasteiger partial charge in [-0.15, -0.1) is 0 Å². The molecular weight excluding hydrogens is 408 g/mol. The predicted molar refractivity (Wildman–Crippen MR) is 96.6 cm³/mol. The van der Waals surface area contributed by atoms with Gasteiger partial charge in [0.25, 0.3) is 0 Å². The Balaban J connectivity index is 2.05. The summed E-state index contributed by atoms with van der Waals surface area (Å²) in [4.78, 5) is 11.8. The maximum atomic E-state index is 11.8. The van der Waals surface area contributed by atoms with Gasteiger partial charge in [-0.05, 0) is 12.3 Å². The summed E-state index contributed by atoms with van der Waals surface area (Å²) in [6.45, 7) is 1.76. The Labute approximate surface area is 173 Å². The van der Waals surface area contributed by atoms with E-state index in [9.17, 15) is 40.5 Å². The van der Waals surface area contributed by atoms with Gasteiger partial charge in [-0.25, -0.2) is 0 Å². The van der Waals surface area contributed by atoms with Gasteiger partial charge in [0.1, 0.15) is 55.9 Å². The lowest BCUT2D eigenvalue weighted by molar-refractivity contribution is -0.383. The minimum atomic E-state index is -2.26. The molecule has 2 rings (SSSR count). The van der Waals surface area contributed by atoms with Crippen molar-refractivity contribution in [3.63, 3.8) is 0 Å². The number of ether oxygens (including phenoxy) is 4. The molecule has 0 aromatic heterocycles. The summed E-state index contributed by atoms with van der Waals surface area (Å²) in [5.74, 6) is -2.51. The molecule has 2 heterocycles. The van der Waals surface area contributed by atoms with Crippen molar-refractivity contribution in [2.75, 3.05) is 19.8 Å². The van der Waals surface area contributed by atoms with Crippen LogP contribution in [0.2, 0.25) is 0 Å². The third kappa shape index (κ3) is 5.46. The second kappa shape index (κ2) is 10.6. The number of hydrogen-bond donors (Lipinski definition) is 7. The molecule has 0 radical (unpaired) electrons. The molecule has 0 amide bonds. The highest BCUT2D eigenvalue weighted by Crippen LogP contribution is 2.36. The lowest BCUT2D eigenvalue weighted by Gasteiger charge is -2.43. The van der Waals surface area contributed by atoms with Crippen LogP contribution in [-0.4, -0.2) is 116 Å². The fraction of sp³-hybridized carbons (Fsp3) is 0.944. The van der Waals surface area contributed by atoms with E-state index in [0.717, 1.165) is 0 Å². The van der Waals surface area contributed by atoms with E-state index in [1.54, 1.807) is 0 Å². The van der Waals surface area contributed by atoms with Gasteiger partial charge >= 0.3 is 5.97 Å². The van der Waals surface area contributed by atoms with Gasteiger partial charge in [-0.3, -0.25) is 4.79 Å². The fourth-order valence-electron chi connectivity index (χ4n) is 3.27. The lowest BCUT2D eigenvalue weighted by Crippen LogP contribution is -2.62. The molecule has 2 aliphatic heterocycles. The zero-order valence-electron chi connectivity index (χ0n) is 16.9. The topological polar surface area (TPSA) is 196 Å². The number of aliphatic hydroxyl groups is 7. The molecule has 0 aliphatic carbocycles. The summed E-state index contributed by atoms with van der Waals surface area (Å²) < 4.78 is 21.0. The molecule has 12 nitrogen and oxygen atoms in total. The number of rotatable bonds is 9. The van der Waals surface area contributed by atoms with E-state index in [4.69, 9.17) is 18.9 Å². The quantitative estimate of drug-likeness (QED) is 0.176. The van der Waals surface area contributed by atoms with Gasteiger partial charge in [0, 0.05) is 6.42 Å². The smallest absolute Gasteiger partial charge is 0.305 e. The molecule has 0 aromatic carbocycles. The number of carbonyl (C=O) groups excluding carboxylic acids is 1. The van der Waals surface area contributed by atoms with Gasteiger partial charge in [0.2, 0.25) is 5.79 Å². The van der Waals surface area contributed by atoms with Gasteiger partial charge in [-0.2, -0.15) is 0 Å². The maximum Gasteiger partial charge on any atom is 0.305 e. The normalized spacial score (nSPS) is 41.9. The van der Waals surface area contributed by atoms with Crippen molar-refractivity contribution < 1.29 is 59.5 Å². The van der Waals surface area contributed by atoms with Crippen molar-refractivity contribution >= 4 is 5.97 Å². The summed E-state index contributed by atoms with van der Waals surface area (Å²) in [6.07, 6.45) is -12.2. The molecule has 7 N–H and O–H groups in total. The highest BCUT2D eigenvalue weighted by atomic mass is 16.8. The van der Waals surface area contributed by atoms with Crippen molar-refractivity contribution in [3.8, 4) is 0 Å². The van der Waals surface area contributed by atoms with Crippen LogP contribution < -0.4 is 0 Å². The van der Waals surface area contributed by atoms with E-state index in [0.29, 0.717) is 6.42 Å². The summed E-state index contributed by atoms with van der Waals surface area (Å²) in [5.41, 5.74) is 0. The lowest BCUT2D eigenvalue weighted by atomic mass is 9.99. The molecule has 0 spiro atoms. The first-order chi connectivity index (χ1) is 14.1. The SMILES string of the molecule is CC(C)CCC(=O)OC[C@H]1O[C@H](O[C@]2(CO)O[C@H](CO)[C@@H](O)[C@@H]2O)[C@H](O)[C@@H](O)[C@@H]1O. The molecule has 176 valence electrons. The minimum Gasteiger partial charge on any atom is -0.463 e. The monoisotopic (exact) mass is 440 g/mol. The predicted octanol–water partition coefficient (Wildman–Crippen LogP) is -3.41. The van der Waals surface area contributed by atoms with Crippen LogP contribution in [0.25, 0.3) is 0 Å². The van der Waals surface area contributed by atoms with Crippen LogP contribution in [0.5, 0.6) is 0 Å². The molecular formula is C18H32O12. The zero-order chi connectivity index (χ0) is 22.6. The number of esters is 1. The minimum absolute atomic E-state index is 0.152. The van der Waals surface area contributed by atoms with E-state index in [1.165, 1.54) is 0 Å². The Hall–Kier alpha value is -0.930. The molecule has 0 unspecified atom stereocenters. The molecule has 0 bridgehead atoms. The van der Waals surface area contributed by atoms with Crippen LogP contribution in [-0.2, 0) is 23.7 Å². The highest BCUT2D eigenvalue weighted by molar-refractivity contribution is 5.69. The Morgan fingerprint density at radius 2 is 1.67 bits per heavy atom. The molecule has 2 aliphatic rings. The van der Waals surface area contributed by atoms with E-state index in [-0.39, 0.29) is 12.3 Å². The first-order valence-corrected chi connectivity index (χ1v) is 9.85. The molecule has 30 heavy (non-hydrogen) atoms. The molecule has 9 atom stereocenters. The Morgan fingerprint density at radius 1 is 1.00 bits per heavy atom. The molecule has 12 heteroatoms. The Bertz CT molecular complexity index is 559. The van der Waals surface area contributed by atoms with Crippen LogP contribution in [0.1, 0.15) is 26.7 Å². The fourth-order valence-corrected chi connectivity index (χ4v) is 3.27. The van der Waals surface area contributed by atoms with Crippen LogP contribution >= 0.6 is 0 Å². The molecule has 0 aromatic rings. The van der Waals surface area contributed by atoms with Crippen molar-refractivity contribution in [1.82, 2.24) is 0 Å². The van der Waals surface area contributed by atoms with Gasteiger partial charge in [0.15, 0.2) is 6.29 Å². The second-order valence-corrected chi connectivity index (χ2v) is 7.99. The standard InChI is InChI=1S/C18H32O12/c1-8(2)3-4-11(21)27-6-10-12(22)14(24)15(25)17(28-10)30-18(7-20)16(26)13(23)9(5-19)29-18/h8-10,12-17,19-20,22-26H,3-7H2,1-2H3/t9-,10-,12-,13-,14+,15-,16+,17-,18+/m1/s1. The molecule has 0 saturated carbocycles. The van der Waals surface area contributed by atoms with Crippen LogP contribution in [0.4, 0.5) is 0 Å². The van der Waals surface area contributed by atoms with Crippen molar-refractivity contribution in [1.29, 1.82) is 0 Å². The van der Waals surface area contributed by atoms with E-state index in [1.807, 2.05) is 13.8 Å². The van der Waals surface area contributed by atoms with Gasteiger partial charge < -0.3 is 54.7 Å². The highest BCUT2D eigenvalue weighted by Gasteiger charge is 2.58. The van der Waals surface area contributed by atoms with Crippen LogP contribution in [0.15, 0.2) is 0 Å². The summed E-state index contributed by atoms with van der Waals surface area (Å²) in [7, 11) is 0. The largest absolute Gasteiger partial charge is 0.463 e. The summed E-state index contributed by atoms with van der Waals surface area (Å²) in [6, 6.07) is 0. The van der Waals surface area contributed by atoms with E-state index in [2.05, 4.69) is 0 Å². The third-order valence-corrected chi connectivity index (χ3v) is 5.22. The Morgan fingerprint density at radius 3 is 2.20 bits per heavy atom. The Kier molecular flexibility index (Phi) is 8.94. The van der Waals surface area contributed by atoms with Gasteiger partial charge in [-0.1, -0.05) is 13.8 Å². The molecule has 2 saturated heterocycles. The average Bonchev–Trinajstić information content (AvgIpc) is 2.96. The van der Waals surface area contributed by atoms with E-state index >= 15 is 0 Å². The summed E-state index contributed by atoms with van der Waals surface area (Å²) in [5, 5.41) is 69.5. The number of aliphatic hydroxyl groups excluding tert-OH is 7. The van der Waals surface area contributed by atoms with Gasteiger partial charge in [0.05, 0.1) is 6.61 Å². The maximum absolute atomic E-state index is 11.8. The number of hydrogen-bond acceptors (Lipinski definition) is 12. The van der Waals surface area contributed by atoms with Crippen LogP contribution in [0.3, 0.4) is 0 Å². The van der Waals surface area contributed by atoms with Crippen molar-refractivity contribution in [3.05, 3.63) is 0 Å². The average molecular weight is 440 g/mol. The zero-order valence-corrected chi connectivity index (χ0v) is 16.9. The molecule has 2 fully saturated rings. The second-order valence-electron chi connectivity index (χ2n) is 7.99. The van der Waals surface area contributed by atoms with E-state index < -0.39 is 80.6 Å². The first kappa shape index (κ1) is 25.3. The van der Waals surface area contributed by atoms with Crippen LogP contribution in [0, 0.1) is 5.92 Å². The first-order valence-electron chi connectivity index (χ1n) is 9.85. The number of carbonyl (C=O) groups is 1. The van der Waals surface area contributed by atoms with Crippen molar-refractivity contribution in [2.24, 2.45) is 5.92 Å². The third-order valence-electron chi connectivity index (χ3n) is 5.22. The van der Waals surface area contributed by atoms with Crippen molar-refractivity contribution in [2.45, 2.75) is 81.5 Å². The summed E-state index contributed by atoms with van der Waals surface area (Å²) >= 11 is 0.